The Morgan fingerprint density at radius 3 is 2.36 bits per heavy atom. The Hall–Kier alpha value is -3.31. The van der Waals surface area contributed by atoms with Gasteiger partial charge in [-0.25, -0.2) is 4.98 Å². The van der Waals surface area contributed by atoms with Crippen molar-refractivity contribution in [1.29, 1.82) is 0 Å². The lowest BCUT2D eigenvalue weighted by molar-refractivity contribution is 0.415. The summed E-state index contributed by atoms with van der Waals surface area (Å²) >= 11 is 6.24. The number of hydrogen-bond acceptors (Lipinski definition) is 5. The van der Waals surface area contributed by atoms with Crippen LogP contribution in [-0.4, -0.2) is 17.1 Å². The first-order valence-corrected chi connectivity index (χ1v) is 9.21. The summed E-state index contributed by atoms with van der Waals surface area (Å²) in [6, 6.07) is 21.4. The fraction of sp³-hybridized carbons (Fsp3) is 0.0909. The summed E-state index contributed by atoms with van der Waals surface area (Å²) in [4.78, 5) is 9.31. The second-order valence-corrected chi connectivity index (χ2v) is 6.76. The SMILES string of the molecule is COc1ccc(Nc2nc(Nc3ccc(C)c(Cl)c3)nc3ccccc23)cc1. The largest absolute Gasteiger partial charge is 0.497 e. The molecule has 3 aromatic carbocycles. The topological polar surface area (TPSA) is 59.1 Å². The molecule has 0 spiro atoms. The van der Waals surface area contributed by atoms with Crippen LogP contribution in [0.5, 0.6) is 5.75 Å². The Morgan fingerprint density at radius 2 is 1.61 bits per heavy atom. The third-order valence-electron chi connectivity index (χ3n) is 4.38. The summed E-state index contributed by atoms with van der Waals surface area (Å²) in [5.74, 6) is 2.02. The van der Waals surface area contributed by atoms with Crippen LogP contribution < -0.4 is 15.4 Å². The number of halogens is 1. The van der Waals surface area contributed by atoms with Crippen molar-refractivity contribution >= 4 is 45.6 Å². The quantitative estimate of drug-likeness (QED) is 0.432. The monoisotopic (exact) mass is 390 g/mol. The van der Waals surface area contributed by atoms with Crippen LogP contribution in [-0.2, 0) is 0 Å². The van der Waals surface area contributed by atoms with Crippen LogP contribution in [0.4, 0.5) is 23.1 Å². The molecule has 28 heavy (non-hydrogen) atoms. The fourth-order valence-corrected chi connectivity index (χ4v) is 3.02. The zero-order valence-electron chi connectivity index (χ0n) is 15.5. The number of ether oxygens (including phenoxy) is 1. The highest BCUT2D eigenvalue weighted by Gasteiger charge is 2.09. The molecule has 0 amide bonds. The highest BCUT2D eigenvalue weighted by atomic mass is 35.5. The van der Waals surface area contributed by atoms with Crippen LogP contribution >= 0.6 is 11.6 Å². The molecule has 0 radical (unpaired) electrons. The molecule has 0 atom stereocenters. The average molecular weight is 391 g/mol. The maximum Gasteiger partial charge on any atom is 0.229 e. The molecule has 140 valence electrons. The van der Waals surface area contributed by atoms with Gasteiger partial charge in [-0.05, 0) is 61.0 Å². The van der Waals surface area contributed by atoms with E-state index in [1.54, 1.807) is 7.11 Å². The molecule has 0 fully saturated rings. The molecule has 5 nitrogen and oxygen atoms in total. The number of fused-ring (bicyclic) bond motifs is 1. The van der Waals surface area contributed by atoms with Crippen molar-refractivity contribution in [3.63, 3.8) is 0 Å². The second-order valence-electron chi connectivity index (χ2n) is 6.36. The number of anilines is 4. The first-order valence-electron chi connectivity index (χ1n) is 8.83. The summed E-state index contributed by atoms with van der Waals surface area (Å²) in [7, 11) is 1.65. The van der Waals surface area contributed by atoms with Crippen LogP contribution in [0.3, 0.4) is 0 Å². The van der Waals surface area contributed by atoms with Crippen LogP contribution in [0.25, 0.3) is 10.9 Å². The van der Waals surface area contributed by atoms with Crippen LogP contribution in [0, 0.1) is 6.92 Å². The van der Waals surface area contributed by atoms with Crippen molar-refractivity contribution in [1.82, 2.24) is 9.97 Å². The van der Waals surface area contributed by atoms with Crippen molar-refractivity contribution in [2.45, 2.75) is 6.92 Å². The van der Waals surface area contributed by atoms with Crippen molar-refractivity contribution in [2.24, 2.45) is 0 Å². The van der Waals surface area contributed by atoms with E-state index in [1.807, 2.05) is 73.7 Å². The Bertz CT molecular complexity index is 1130. The molecule has 0 aliphatic carbocycles. The number of nitrogens with one attached hydrogen (secondary N) is 2. The van der Waals surface area contributed by atoms with Gasteiger partial charge in [-0.1, -0.05) is 29.8 Å². The number of methoxy groups -OCH3 is 1. The number of rotatable bonds is 5. The van der Waals surface area contributed by atoms with Crippen LogP contribution in [0.1, 0.15) is 5.56 Å². The summed E-state index contributed by atoms with van der Waals surface area (Å²) in [5, 5.41) is 8.25. The number of para-hydroxylation sites is 1. The summed E-state index contributed by atoms with van der Waals surface area (Å²) in [5.41, 5.74) is 3.61. The van der Waals surface area contributed by atoms with E-state index in [2.05, 4.69) is 20.6 Å². The van der Waals surface area contributed by atoms with Gasteiger partial charge in [0, 0.05) is 21.8 Å². The maximum absolute atomic E-state index is 6.24. The molecule has 1 heterocycles. The van der Waals surface area contributed by atoms with Crippen LogP contribution in [0.15, 0.2) is 66.7 Å². The molecule has 1 aromatic heterocycles. The Kier molecular flexibility index (Phi) is 5.00. The van der Waals surface area contributed by atoms with E-state index in [1.165, 1.54) is 0 Å². The average Bonchev–Trinajstić information content (AvgIpc) is 2.71. The Labute approximate surface area is 168 Å². The number of benzene rings is 3. The third kappa shape index (κ3) is 3.85. The Morgan fingerprint density at radius 1 is 0.857 bits per heavy atom. The van der Waals surface area contributed by atoms with Gasteiger partial charge in [-0.15, -0.1) is 0 Å². The van der Waals surface area contributed by atoms with Gasteiger partial charge >= 0.3 is 0 Å². The predicted octanol–water partition coefficient (Wildman–Crippen LogP) is 6.09. The van der Waals surface area contributed by atoms with E-state index in [0.717, 1.165) is 39.4 Å². The molecule has 0 aliphatic rings. The Balaban J connectivity index is 1.70. The van der Waals surface area contributed by atoms with Crippen molar-refractivity contribution < 1.29 is 4.74 Å². The highest BCUT2D eigenvalue weighted by Crippen LogP contribution is 2.28. The fourth-order valence-electron chi connectivity index (χ4n) is 2.84. The zero-order chi connectivity index (χ0) is 19.5. The van der Waals surface area contributed by atoms with Crippen molar-refractivity contribution in [3.05, 3.63) is 77.3 Å². The molecule has 6 heteroatoms. The lowest BCUT2D eigenvalue weighted by atomic mass is 10.2. The van der Waals surface area contributed by atoms with E-state index < -0.39 is 0 Å². The van der Waals surface area contributed by atoms with Gasteiger partial charge in [-0.3, -0.25) is 0 Å². The standard InChI is InChI=1S/C22H19ClN4O/c1-14-7-8-16(13-19(14)23)25-22-26-20-6-4-3-5-18(20)21(27-22)24-15-9-11-17(28-2)12-10-15/h3-13H,1-2H3,(H2,24,25,26,27). The molecule has 2 N–H and O–H groups in total. The molecule has 4 aromatic rings. The summed E-state index contributed by atoms with van der Waals surface area (Å²) < 4.78 is 5.22. The number of aromatic nitrogens is 2. The molecular formula is C22H19ClN4O. The first-order chi connectivity index (χ1) is 13.6. The second kappa shape index (κ2) is 7.74. The minimum atomic E-state index is 0.495. The normalized spacial score (nSPS) is 10.7. The van der Waals surface area contributed by atoms with E-state index in [4.69, 9.17) is 16.3 Å². The van der Waals surface area contributed by atoms with Crippen LogP contribution in [0.2, 0.25) is 5.02 Å². The van der Waals surface area contributed by atoms with Gasteiger partial charge in [0.25, 0.3) is 0 Å². The van der Waals surface area contributed by atoms with Crippen molar-refractivity contribution in [3.8, 4) is 5.75 Å². The van der Waals surface area contributed by atoms with Gasteiger partial charge in [-0.2, -0.15) is 4.98 Å². The lowest BCUT2D eigenvalue weighted by Gasteiger charge is -2.12. The zero-order valence-corrected chi connectivity index (χ0v) is 16.3. The summed E-state index contributed by atoms with van der Waals surface area (Å²) in [6.45, 7) is 1.97. The lowest BCUT2D eigenvalue weighted by Crippen LogP contribution is -2.02. The van der Waals surface area contributed by atoms with Gasteiger partial charge < -0.3 is 15.4 Å². The number of nitrogens with zero attached hydrogens (tertiary/aromatic N) is 2. The molecule has 0 aliphatic heterocycles. The molecule has 0 bridgehead atoms. The van der Waals surface area contributed by atoms with E-state index in [-0.39, 0.29) is 0 Å². The van der Waals surface area contributed by atoms with E-state index in [9.17, 15) is 0 Å². The summed E-state index contributed by atoms with van der Waals surface area (Å²) in [6.07, 6.45) is 0. The smallest absolute Gasteiger partial charge is 0.229 e. The molecule has 0 saturated carbocycles. The maximum atomic E-state index is 6.24. The van der Waals surface area contributed by atoms with Crippen molar-refractivity contribution in [2.75, 3.05) is 17.7 Å². The van der Waals surface area contributed by atoms with Gasteiger partial charge in [0.05, 0.1) is 12.6 Å². The molecule has 0 saturated heterocycles. The van der Waals surface area contributed by atoms with Gasteiger partial charge in [0.1, 0.15) is 11.6 Å². The third-order valence-corrected chi connectivity index (χ3v) is 4.79. The van der Waals surface area contributed by atoms with Gasteiger partial charge in [0.2, 0.25) is 5.95 Å². The number of hydrogen-bond donors (Lipinski definition) is 2. The molecule has 0 unspecified atom stereocenters. The first kappa shape index (κ1) is 18.1. The van der Waals surface area contributed by atoms with E-state index in [0.29, 0.717) is 11.0 Å². The van der Waals surface area contributed by atoms with Gasteiger partial charge in [0.15, 0.2) is 0 Å². The van der Waals surface area contributed by atoms with E-state index >= 15 is 0 Å². The number of aryl methyl sites for hydroxylation is 1. The minimum absolute atomic E-state index is 0.495. The molecule has 4 rings (SSSR count). The highest BCUT2D eigenvalue weighted by molar-refractivity contribution is 6.31. The predicted molar refractivity (Wildman–Crippen MR) is 115 cm³/mol. The minimum Gasteiger partial charge on any atom is -0.497 e. The molecular weight excluding hydrogens is 372 g/mol.